The van der Waals surface area contributed by atoms with Crippen molar-refractivity contribution in [2.24, 2.45) is 0 Å². The Morgan fingerprint density at radius 2 is 2.37 bits per heavy atom. The smallest absolute Gasteiger partial charge is 0.125 e. The summed E-state index contributed by atoms with van der Waals surface area (Å²) >= 11 is 5.19. The lowest BCUT2D eigenvalue weighted by Crippen LogP contribution is -2.40. The number of hydrogen-bond donors (Lipinski definition) is 1. The topological polar surface area (TPSA) is 41.9 Å². The van der Waals surface area contributed by atoms with Gasteiger partial charge in [0.25, 0.3) is 0 Å². The molecule has 1 atom stereocenters. The Labute approximate surface area is 118 Å². The van der Waals surface area contributed by atoms with Gasteiger partial charge in [-0.05, 0) is 26.0 Å². The van der Waals surface area contributed by atoms with Crippen LogP contribution in [0.5, 0.6) is 11.5 Å². The quantitative estimate of drug-likeness (QED) is 0.862. The second-order valence-electron chi connectivity index (χ2n) is 4.48. The van der Waals surface area contributed by atoms with E-state index in [9.17, 15) is 5.11 Å². The molecule has 2 rings (SSSR count). The fraction of sp³-hybridized carbons (Fsp3) is 0.500. The zero-order chi connectivity index (χ0) is 13.8. The van der Waals surface area contributed by atoms with Gasteiger partial charge in [0.1, 0.15) is 17.6 Å². The molecule has 0 amide bonds. The van der Waals surface area contributed by atoms with Gasteiger partial charge >= 0.3 is 0 Å². The van der Waals surface area contributed by atoms with E-state index in [4.69, 9.17) is 21.7 Å². The third kappa shape index (κ3) is 3.36. The van der Waals surface area contributed by atoms with E-state index in [0.717, 1.165) is 17.1 Å². The molecule has 1 heterocycles. The minimum absolute atomic E-state index is 0.151. The summed E-state index contributed by atoms with van der Waals surface area (Å²) in [6, 6.07) is 5.34. The molecule has 104 valence electrons. The Morgan fingerprint density at radius 1 is 1.58 bits per heavy atom. The van der Waals surface area contributed by atoms with Gasteiger partial charge in [-0.3, -0.25) is 0 Å². The largest absolute Gasteiger partial charge is 0.507 e. The molecule has 19 heavy (non-hydrogen) atoms. The van der Waals surface area contributed by atoms with E-state index in [1.54, 1.807) is 6.07 Å². The van der Waals surface area contributed by atoms with E-state index in [1.807, 2.05) is 26.0 Å². The van der Waals surface area contributed by atoms with Gasteiger partial charge < -0.3 is 19.5 Å². The van der Waals surface area contributed by atoms with Crippen LogP contribution in [-0.4, -0.2) is 41.3 Å². The maximum atomic E-state index is 10.1. The van der Waals surface area contributed by atoms with Crippen LogP contribution in [0, 0.1) is 0 Å². The van der Waals surface area contributed by atoms with Gasteiger partial charge in [0.2, 0.25) is 0 Å². The molecule has 0 bridgehead atoms. The number of phenolic OH excluding ortho intramolecular Hbond substituents is 1. The van der Waals surface area contributed by atoms with Crippen molar-refractivity contribution in [1.82, 2.24) is 4.90 Å². The first kappa shape index (κ1) is 14.1. The Hall–Kier alpha value is -1.33. The van der Waals surface area contributed by atoms with E-state index >= 15 is 0 Å². The number of ether oxygens (including phenoxy) is 2. The van der Waals surface area contributed by atoms with E-state index in [1.165, 1.54) is 0 Å². The van der Waals surface area contributed by atoms with Crippen LogP contribution < -0.4 is 4.74 Å². The van der Waals surface area contributed by atoms with Crippen molar-refractivity contribution in [2.75, 3.05) is 26.3 Å². The van der Waals surface area contributed by atoms with Crippen molar-refractivity contribution in [3.8, 4) is 11.5 Å². The molecule has 1 aliphatic heterocycles. The number of nitrogens with zero attached hydrogens (tertiary/aromatic N) is 1. The zero-order valence-corrected chi connectivity index (χ0v) is 12.1. The molecule has 1 aromatic rings. The van der Waals surface area contributed by atoms with Gasteiger partial charge in [0, 0.05) is 24.7 Å². The summed E-state index contributed by atoms with van der Waals surface area (Å²) in [6.07, 6.45) is -0.151. The highest BCUT2D eigenvalue weighted by Gasteiger charge is 2.24. The summed E-state index contributed by atoms with van der Waals surface area (Å²) in [7, 11) is 0. The van der Waals surface area contributed by atoms with Crippen LogP contribution in [0.3, 0.4) is 0 Å². The van der Waals surface area contributed by atoms with Gasteiger partial charge in [-0.25, -0.2) is 0 Å². The molecule has 0 aliphatic carbocycles. The molecule has 1 aliphatic rings. The van der Waals surface area contributed by atoms with Crippen LogP contribution in [0.2, 0.25) is 0 Å². The maximum Gasteiger partial charge on any atom is 0.125 e. The van der Waals surface area contributed by atoms with Crippen LogP contribution in [0.25, 0.3) is 0 Å². The lowest BCUT2D eigenvalue weighted by atomic mass is 10.1. The second-order valence-corrected chi connectivity index (χ2v) is 5.07. The predicted octanol–water partition coefficient (Wildman–Crippen LogP) is 2.51. The standard InChI is InChI=1S/C14H19NO3S/c1-3-17-11-4-5-12(13(16)8-11)14-9-15(10(2)19)6-7-18-14/h4-5,8,14,16H,3,6-7,9H2,1-2H3. The van der Waals surface area contributed by atoms with Gasteiger partial charge in [-0.1, -0.05) is 12.2 Å². The zero-order valence-electron chi connectivity index (χ0n) is 11.3. The van der Waals surface area contributed by atoms with Crippen LogP contribution in [0.15, 0.2) is 18.2 Å². The lowest BCUT2D eigenvalue weighted by Gasteiger charge is -2.34. The summed E-state index contributed by atoms with van der Waals surface area (Å²) in [5.41, 5.74) is 0.782. The fourth-order valence-electron chi connectivity index (χ4n) is 2.18. The third-order valence-corrected chi connectivity index (χ3v) is 3.43. The lowest BCUT2D eigenvalue weighted by molar-refractivity contribution is -0.00743. The van der Waals surface area contributed by atoms with Crippen LogP contribution in [0.1, 0.15) is 25.5 Å². The Balaban J connectivity index is 2.14. The predicted molar refractivity (Wildman–Crippen MR) is 77.8 cm³/mol. The Bertz CT molecular complexity index is 464. The molecule has 0 aromatic heterocycles. The molecule has 0 radical (unpaired) electrons. The number of thiocarbonyl (C=S) groups is 1. The molecule has 1 unspecified atom stereocenters. The van der Waals surface area contributed by atoms with Crippen molar-refractivity contribution in [2.45, 2.75) is 20.0 Å². The van der Waals surface area contributed by atoms with Crippen molar-refractivity contribution >= 4 is 17.2 Å². The normalized spacial score (nSPS) is 19.3. The van der Waals surface area contributed by atoms with Crippen molar-refractivity contribution in [1.29, 1.82) is 0 Å². The molecular weight excluding hydrogens is 262 g/mol. The second kappa shape index (κ2) is 6.21. The number of morpholine rings is 1. The van der Waals surface area contributed by atoms with E-state index < -0.39 is 0 Å². The minimum Gasteiger partial charge on any atom is -0.507 e. The molecular formula is C14H19NO3S. The highest BCUT2D eigenvalue weighted by molar-refractivity contribution is 7.80. The van der Waals surface area contributed by atoms with Gasteiger partial charge in [0.05, 0.1) is 18.2 Å². The summed E-state index contributed by atoms with van der Waals surface area (Å²) in [4.78, 5) is 2.96. The maximum absolute atomic E-state index is 10.1. The highest BCUT2D eigenvalue weighted by Crippen LogP contribution is 2.32. The molecule has 0 saturated carbocycles. The summed E-state index contributed by atoms with van der Waals surface area (Å²) in [6.45, 7) is 6.51. The first-order valence-electron chi connectivity index (χ1n) is 6.44. The van der Waals surface area contributed by atoms with Crippen molar-refractivity contribution in [3.63, 3.8) is 0 Å². The first-order chi connectivity index (χ1) is 9.11. The number of aromatic hydroxyl groups is 1. The van der Waals surface area contributed by atoms with Gasteiger partial charge in [-0.2, -0.15) is 0 Å². The summed E-state index contributed by atoms with van der Waals surface area (Å²) in [5.74, 6) is 0.877. The van der Waals surface area contributed by atoms with Crippen molar-refractivity contribution < 1.29 is 14.6 Å². The molecule has 1 N–H and O–H groups in total. The molecule has 1 saturated heterocycles. The molecule has 1 aromatic carbocycles. The molecule has 4 nitrogen and oxygen atoms in total. The summed E-state index contributed by atoms with van der Waals surface area (Å²) in [5, 5.41) is 10.1. The third-order valence-electron chi connectivity index (χ3n) is 3.17. The van der Waals surface area contributed by atoms with E-state index in [0.29, 0.717) is 25.5 Å². The molecule has 0 spiro atoms. The first-order valence-corrected chi connectivity index (χ1v) is 6.85. The fourth-order valence-corrected chi connectivity index (χ4v) is 2.34. The monoisotopic (exact) mass is 281 g/mol. The average Bonchev–Trinajstić information content (AvgIpc) is 2.39. The van der Waals surface area contributed by atoms with Crippen LogP contribution >= 0.6 is 12.2 Å². The van der Waals surface area contributed by atoms with Crippen molar-refractivity contribution in [3.05, 3.63) is 23.8 Å². The SMILES string of the molecule is CCOc1ccc(C2CN(C(C)=S)CCO2)c(O)c1. The number of hydrogen-bond acceptors (Lipinski definition) is 4. The summed E-state index contributed by atoms with van der Waals surface area (Å²) < 4.78 is 11.1. The van der Waals surface area contributed by atoms with E-state index in [-0.39, 0.29) is 11.9 Å². The van der Waals surface area contributed by atoms with Gasteiger partial charge in [0.15, 0.2) is 0 Å². The Morgan fingerprint density at radius 3 is 3.00 bits per heavy atom. The van der Waals surface area contributed by atoms with Gasteiger partial charge in [-0.15, -0.1) is 0 Å². The number of benzene rings is 1. The molecule has 5 heteroatoms. The van der Waals surface area contributed by atoms with Crippen LogP contribution in [0.4, 0.5) is 0 Å². The van der Waals surface area contributed by atoms with E-state index in [2.05, 4.69) is 4.90 Å². The Kier molecular flexibility index (Phi) is 4.61. The highest BCUT2D eigenvalue weighted by atomic mass is 32.1. The number of rotatable bonds is 3. The molecule has 1 fully saturated rings. The van der Waals surface area contributed by atoms with Crippen LogP contribution in [-0.2, 0) is 4.74 Å². The number of phenols is 1. The minimum atomic E-state index is -0.151. The average molecular weight is 281 g/mol.